The van der Waals surface area contributed by atoms with Crippen LogP contribution in [0, 0.1) is 5.92 Å². The molecule has 0 bridgehead atoms. The first-order valence-corrected chi connectivity index (χ1v) is 7.38. The van der Waals surface area contributed by atoms with Gasteiger partial charge in [0.2, 0.25) is 11.8 Å². The highest BCUT2D eigenvalue weighted by Gasteiger charge is 2.18. The van der Waals surface area contributed by atoms with E-state index in [0.29, 0.717) is 12.5 Å². The molecule has 0 rings (SSSR count). The molecule has 0 saturated carbocycles. The van der Waals surface area contributed by atoms with Crippen molar-refractivity contribution < 1.29 is 14.3 Å². The van der Waals surface area contributed by atoms with Crippen molar-refractivity contribution in [3.05, 3.63) is 0 Å². The summed E-state index contributed by atoms with van der Waals surface area (Å²) in [5.41, 5.74) is -0.233. The number of nitrogens with one attached hydrogen (secondary N) is 2. The molecule has 0 unspecified atom stereocenters. The van der Waals surface area contributed by atoms with E-state index < -0.39 is 0 Å². The molecule has 0 heterocycles. The molecule has 20 heavy (non-hydrogen) atoms. The normalized spacial score (nSPS) is 11.5. The molecule has 0 aromatic rings. The number of ether oxygens (including phenoxy) is 1. The minimum absolute atomic E-state index is 0.0911. The summed E-state index contributed by atoms with van der Waals surface area (Å²) in [5, 5.41) is 5.31. The van der Waals surface area contributed by atoms with Crippen LogP contribution in [0.4, 0.5) is 0 Å². The molecule has 0 aliphatic heterocycles. The predicted molar refractivity (Wildman–Crippen MR) is 80.4 cm³/mol. The summed E-state index contributed by atoms with van der Waals surface area (Å²) in [5.74, 6) is 0.430. The molecule has 5 heteroatoms. The third-order valence-corrected chi connectivity index (χ3v) is 3.10. The minimum Gasteiger partial charge on any atom is -0.375 e. The van der Waals surface area contributed by atoms with E-state index >= 15 is 0 Å². The minimum atomic E-state index is -0.233. The quantitative estimate of drug-likeness (QED) is 0.644. The smallest absolute Gasteiger partial charge is 0.220 e. The van der Waals surface area contributed by atoms with Crippen molar-refractivity contribution in [2.24, 2.45) is 5.92 Å². The highest BCUT2D eigenvalue weighted by molar-refractivity contribution is 5.83. The summed E-state index contributed by atoms with van der Waals surface area (Å²) in [6.45, 7) is 9.72. The van der Waals surface area contributed by atoms with E-state index in [1.54, 1.807) is 7.05 Å². The third kappa shape index (κ3) is 10.8. The van der Waals surface area contributed by atoms with Crippen LogP contribution in [0.3, 0.4) is 0 Å². The Morgan fingerprint density at radius 3 is 2.30 bits per heavy atom. The average molecular weight is 286 g/mol. The fourth-order valence-corrected chi connectivity index (χ4v) is 1.59. The van der Waals surface area contributed by atoms with E-state index in [2.05, 4.69) is 24.5 Å². The van der Waals surface area contributed by atoms with Gasteiger partial charge in [0.25, 0.3) is 0 Å². The van der Waals surface area contributed by atoms with Crippen LogP contribution in [0.5, 0.6) is 0 Å². The second kappa shape index (κ2) is 9.75. The van der Waals surface area contributed by atoms with E-state index in [-0.39, 0.29) is 30.3 Å². The van der Waals surface area contributed by atoms with E-state index in [1.807, 2.05) is 13.8 Å². The van der Waals surface area contributed by atoms with E-state index in [0.717, 1.165) is 19.4 Å². The lowest BCUT2D eigenvalue weighted by Gasteiger charge is -2.26. The zero-order valence-corrected chi connectivity index (χ0v) is 13.5. The van der Waals surface area contributed by atoms with Gasteiger partial charge in [-0.2, -0.15) is 0 Å². The van der Waals surface area contributed by atoms with Crippen molar-refractivity contribution in [3.63, 3.8) is 0 Å². The van der Waals surface area contributed by atoms with Gasteiger partial charge in [-0.15, -0.1) is 0 Å². The zero-order chi connectivity index (χ0) is 15.6. The first-order valence-electron chi connectivity index (χ1n) is 7.38. The van der Waals surface area contributed by atoms with Crippen LogP contribution in [0.1, 0.15) is 53.4 Å². The number of hydrogen-bond acceptors (Lipinski definition) is 3. The maximum Gasteiger partial charge on any atom is 0.220 e. The number of rotatable bonds is 10. The first-order chi connectivity index (χ1) is 9.26. The van der Waals surface area contributed by atoms with Crippen LogP contribution < -0.4 is 10.6 Å². The van der Waals surface area contributed by atoms with Gasteiger partial charge in [0.15, 0.2) is 0 Å². The van der Waals surface area contributed by atoms with Crippen LogP contribution in [-0.2, 0) is 14.3 Å². The van der Waals surface area contributed by atoms with Gasteiger partial charge in [-0.1, -0.05) is 13.8 Å². The Bertz CT molecular complexity index is 301. The van der Waals surface area contributed by atoms with E-state index in [9.17, 15) is 9.59 Å². The summed E-state index contributed by atoms with van der Waals surface area (Å²) in [6.07, 6.45) is 2.27. The number of carbonyl (C=O) groups is 2. The molecule has 0 radical (unpaired) electrons. The van der Waals surface area contributed by atoms with E-state index in [4.69, 9.17) is 4.74 Å². The second-order valence-electron chi connectivity index (χ2n) is 6.06. The van der Waals surface area contributed by atoms with Crippen LogP contribution >= 0.6 is 0 Å². The van der Waals surface area contributed by atoms with E-state index in [1.165, 1.54) is 0 Å². The van der Waals surface area contributed by atoms with Gasteiger partial charge in [0.05, 0.1) is 5.60 Å². The van der Waals surface area contributed by atoms with Gasteiger partial charge in [0, 0.05) is 33.0 Å². The Morgan fingerprint density at radius 1 is 1.15 bits per heavy atom. The Balaban J connectivity index is 3.75. The van der Waals surface area contributed by atoms with Crippen molar-refractivity contribution in [2.45, 2.75) is 59.0 Å². The highest BCUT2D eigenvalue weighted by atomic mass is 16.5. The van der Waals surface area contributed by atoms with Crippen molar-refractivity contribution in [1.82, 2.24) is 10.6 Å². The SMILES string of the molecule is CNC(=O)CCC(=O)NCCC(C)(C)OCCC(C)C. The molecular formula is C15H30N2O3. The Labute approximate surface area is 122 Å². The molecule has 5 nitrogen and oxygen atoms in total. The summed E-state index contributed by atoms with van der Waals surface area (Å²) < 4.78 is 5.82. The fraction of sp³-hybridized carbons (Fsp3) is 0.867. The van der Waals surface area contributed by atoms with Crippen molar-refractivity contribution >= 4 is 11.8 Å². The lowest BCUT2D eigenvalue weighted by atomic mass is 10.0. The maximum absolute atomic E-state index is 11.5. The molecular weight excluding hydrogens is 256 g/mol. The third-order valence-electron chi connectivity index (χ3n) is 3.10. The molecule has 0 aromatic heterocycles. The molecule has 0 saturated heterocycles. The predicted octanol–water partition coefficient (Wildman–Crippen LogP) is 1.86. The van der Waals surface area contributed by atoms with Crippen molar-refractivity contribution in [2.75, 3.05) is 20.2 Å². The molecule has 0 spiro atoms. The number of carbonyl (C=O) groups excluding carboxylic acids is 2. The molecule has 2 amide bonds. The summed E-state index contributed by atoms with van der Waals surface area (Å²) in [7, 11) is 1.57. The lowest BCUT2D eigenvalue weighted by molar-refractivity contribution is -0.126. The van der Waals surface area contributed by atoms with Gasteiger partial charge >= 0.3 is 0 Å². The Hall–Kier alpha value is -1.10. The Kier molecular flexibility index (Phi) is 9.21. The first kappa shape index (κ1) is 18.9. The Morgan fingerprint density at radius 2 is 1.75 bits per heavy atom. The van der Waals surface area contributed by atoms with Crippen LogP contribution in [0.15, 0.2) is 0 Å². The van der Waals surface area contributed by atoms with Gasteiger partial charge < -0.3 is 15.4 Å². The van der Waals surface area contributed by atoms with Crippen LogP contribution in [0.2, 0.25) is 0 Å². The highest BCUT2D eigenvalue weighted by Crippen LogP contribution is 2.15. The number of amides is 2. The zero-order valence-electron chi connectivity index (χ0n) is 13.5. The van der Waals surface area contributed by atoms with Crippen molar-refractivity contribution in [1.29, 1.82) is 0 Å². The van der Waals surface area contributed by atoms with Gasteiger partial charge in [-0.3, -0.25) is 9.59 Å². The van der Waals surface area contributed by atoms with Crippen molar-refractivity contribution in [3.8, 4) is 0 Å². The standard InChI is InChI=1S/C15H30N2O3/c1-12(2)8-11-20-15(3,4)9-10-17-14(19)7-6-13(18)16-5/h12H,6-11H2,1-5H3,(H,16,18)(H,17,19). The van der Waals surface area contributed by atoms with Crippen LogP contribution in [-0.4, -0.2) is 37.6 Å². The summed E-state index contributed by atoms with van der Waals surface area (Å²) in [6, 6.07) is 0. The number of hydrogen-bond donors (Lipinski definition) is 2. The monoisotopic (exact) mass is 286 g/mol. The second-order valence-corrected chi connectivity index (χ2v) is 6.06. The summed E-state index contributed by atoms with van der Waals surface area (Å²) >= 11 is 0. The molecule has 0 atom stereocenters. The largest absolute Gasteiger partial charge is 0.375 e. The maximum atomic E-state index is 11.5. The molecule has 0 fully saturated rings. The lowest BCUT2D eigenvalue weighted by Crippen LogP contribution is -2.33. The molecule has 2 N–H and O–H groups in total. The molecule has 118 valence electrons. The van der Waals surface area contributed by atoms with Gasteiger partial charge in [-0.25, -0.2) is 0 Å². The molecule has 0 aromatic carbocycles. The van der Waals surface area contributed by atoms with Crippen LogP contribution in [0.25, 0.3) is 0 Å². The summed E-state index contributed by atoms with van der Waals surface area (Å²) in [4.78, 5) is 22.5. The average Bonchev–Trinajstić information content (AvgIpc) is 2.34. The van der Waals surface area contributed by atoms with Gasteiger partial charge in [0.1, 0.15) is 0 Å². The van der Waals surface area contributed by atoms with Gasteiger partial charge in [-0.05, 0) is 32.6 Å². The topological polar surface area (TPSA) is 67.4 Å². The fourth-order valence-electron chi connectivity index (χ4n) is 1.59. The molecule has 0 aliphatic rings. The molecule has 0 aliphatic carbocycles.